The normalized spacial score (nSPS) is 10.3. The quantitative estimate of drug-likeness (QED) is 0.914. The van der Waals surface area contributed by atoms with Crippen molar-refractivity contribution in [2.45, 2.75) is 0 Å². The van der Waals surface area contributed by atoms with Gasteiger partial charge in [0.25, 0.3) is 0 Å². The summed E-state index contributed by atoms with van der Waals surface area (Å²) in [6.07, 6.45) is 0. The van der Waals surface area contributed by atoms with Gasteiger partial charge in [0.05, 0.1) is 14.2 Å². The number of carboxylic acids is 1. The van der Waals surface area contributed by atoms with Crippen LogP contribution in [0.1, 0.15) is 10.6 Å². The van der Waals surface area contributed by atoms with E-state index in [1.165, 1.54) is 26.4 Å². The summed E-state index contributed by atoms with van der Waals surface area (Å²) in [5.74, 6) is -2.01. The first kappa shape index (κ1) is 12.9. The first-order valence-corrected chi connectivity index (χ1v) is 5.18. The Labute approximate surface area is 107 Å². The van der Waals surface area contributed by atoms with Gasteiger partial charge in [-0.15, -0.1) is 0 Å². The van der Waals surface area contributed by atoms with E-state index in [0.717, 1.165) is 6.07 Å². The lowest BCUT2D eigenvalue weighted by Gasteiger charge is -2.08. The monoisotopic (exact) mass is 267 g/mol. The molecule has 0 fully saturated rings. The Hall–Kier alpha value is -2.57. The topological polar surface area (TPSA) is 81.8 Å². The molecule has 7 heteroatoms. The largest absolute Gasteiger partial charge is 0.497 e. The van der Waals surface area contributed by atoms with Crippen LogP contribution >= 0.6 is 0 Å². The van der Waals surface area contributed by atoms with Crippen LogP contribution < -0.4 is 9.47 Å². The molecule has 1 heterocycles. The number of nitrogens with zero attached hydrogens (tertiary/aromatic N) is 1. The van der Waals surface area contributed by atoms with Crippen molar-refractivity contribution in [3.8, 4) is 22.8 Å². The van der Waals surface area contributed by atoms with Crippen molar-refractivity contribution in [3.05, 3.63) is 29.8 Å². The Morgan fingerprint density at radius 3 is 2.58 bits per heavy atom. The SMILES string of the molecule is COc1cc(OC)c(F)c(-c2cc(C(=O)O)on2)c1. The number of rotatable bonds is 4. The van der Waals surface area contributed by atoms with Crippen molar-refractivity contribution in [2.75, 3.05) is 14.2 Å². The Morgan fingerprint density at radius 2 is 2.05 bits per heavy atom. The van der Waals surface area contributed by atoms with Crippen molar-refractivity contribution in [3.63, 3.8) is 0 Å². The lowest BCUT2D eigenvalue weighted by Crippen LogP contribution is -1.94. The van der Waals surface area contributed by atoms with Crippen LogP contribution in [0.25, 0.3) is 11.3 Å². The van der Waals surface area contributed by atoms with E-state index in [9.17, 15) is 9.18 Å². The minimum absolute atomic E-state index is 0.0331. The highest BCUT2D eigenvalue weighted by Crippen LogP contribution is 2.33. The minimum Gasteiger partial charge on any atom is -0.497 e. The first-order valence-electron chi connectivity index (χ1n) is 5.18. The molecule has 6 nitrogen and oxygen atoms in total. The second-order valence-corrected chi connectivity index (χ2v) is 3.57. The number of ether oxygens (including phenoxy) is 2. The van der Waals surface area contributed by atoms with E-state index in [-0.39, 0.29) is 22.8 Å². The summed E-state index contributed by atoms with van der Waals surface area (Å²) < 4.78 is 28.5. The fourth-order valence-electron chi connectivity index (χ4n) is 1.53. The Bertz CT molecular complexity index is 623. The molecule has 1 aromatic carbocycles. The summed E-state index contributed by atoms with van der Waals surface area (Å²) in [4.78, 5) is 10.7. The molecule has 0 aliphatic heterocycles. The number of methoxy groups -OCH3 is 2. The van der Waals surface area contributed by atoms with Gasteiger partial charge in [-0.1, -0.05) is 5.16 Å². The molecule has 0 radical (unpaired) electrons. The molecule has 0 spiro atoms. The van der Waals surface area contributed by atoms with Gasteiger partial charge >= 0.3 is 5.97 Å². The molecule has 2 aromatic rings. The van der Waals surface area contributed by atoms with E-state index < -0.39 is 11.8 Å². The highest BCUT2D eigenvalue weighted by atomic mass is 19.1. The average molecular weight is 267 g/mol. The van der Waals surface area contributed by atoms with Gasteiger partial charge in [0.2, 0.25) is 5.76 Å². The lowest BCUT2D eigenvalue weighted by atomic mass is 10.1. The summed E-state index contributed by atoms with van der Waals surface area (Å²) in [6, 6.07) is 3.87. The maximum Gasteiger partial charge on any atom is 0.374 e. The van der Waals surface area contributed by atoms with E-state index in [4.69, 9.17) is 14.6 Å². The van der Waals surface area contributed by atoms with E-state index >= 15 is 0 Å². The van der Waals surface area contributed by atoms with Crippen molar-refractivity contribution in [2.24, 2.45) is 0 Å². The van der Waals surface area contributed by atoms with Crippen molar-refractivity contribution < 1.29 is 28.3 Å². The number of carbonyl (C=O) groups is 1. The van der Waals surface area contributed by atoms with Gasteiger partial charge in [0.1, 0.15) is 11.4 Å². The zero-order chi connectivity index (χ0) is 14.0. The van der Waals surface area contributed by atoms with Gasteiger partial charge in [-0.3, -0.25) is 0 Å². The molecule has 0 unspecified atom stereocenters. The Morgan fingerprint density at radius 1 is 1.32 bits per heavy atom. The van der Waals surface area contributed by atoms with Crippen molar-refractivity contribution in [1.29, 1.82) is 0 Å². The van der Waals surface area contributed by atoms with Crippen LogP contribution in [0.4, 0.5) is 4.39 Å². The number of aromatic carboxylic acids is 1. The van der Waals surface area contributed by atoms with Crippen molar-refractivity contribution in [1.82, 2.24) is 5.16 Å². The van der Waals surface area contributed by atoms with Gasteiger partial charge in [-0.2, -0.15) is 0 Å². The number of hydrogen-bond donors (Lipinski definition) is 1. The Balaban J connectivity index is 2.56. The van der Waals surface area contributed by atoms with Gasteiger partial charge in [-0.05, 0) is 6.07 Å². The molecule has 1 aromatic heterocycles. The summed E-state index contributed by atoms with van der Waals surface area (Å²) in [7, 11) is 2.73. The minimum atomic E-state index is -1.28. The van der Waals surface area contributed by atoms with Crippen molar-refractivity contribution >= 4 is 5.97 Å². The molecule has 100 valence electrons. The molecule has 1 N–H and O–H groups in total. The summed E-state index contributed by atoms with van der Waals surface area (Å²) in [6.45, 7) is 0. The molecular formula is C12H10FNO5. The molecule has 0 saturated heterocycles. The third-order valence-electron chi connectivity index (χ3n) is 2.47. The van der Waals surface area contributed by atoms with Gasteiger partial charge in [0, 0.05) is 17.7 Å². The Kier molecular flexibility index (Phi) is 3.37. The fraction of sp³-hybridized carbons (Fsp3) is 0.167. The molecule has 0 saturated carbocycles. The van der Waals surface area contributed by atoms with Crippen LogP contribution in [0.3, 0.4) is 0 Å². The molecule has 0 aliphatic rings. The van der Waals surface area contributed by atoms with E-state index in [0.29, 0.717) is 5.75 Å². The predicted octanol–water partition coefficient (Wildman–Crippen LogP) is 2.20. The highest BCUT2D eigenvalue weighted by molar-refractivity contribution is 5.85. The molecule has 2 rings (SSSR count). The fourth-order valence-corrected chi connectivity index (χ4v) is 1.53. The maximum absolute atomic E-state index is 14.1. The number of benzene rings is 1. The second kappa shape index (κ2) is 4.97. The zero-order valence-corrected chi connectivity index (χ0v) is 10.1. The third kappa shape index (κ3) is 2.35. The standard InChI is InChI=1S/C12H10FNO5/c1-17-6-3-7(11(13)9(4-6)18-2)8-5-10(12(15)16)19-14-8/h3-5H,1-2H3,(H,15,16). The van der Waals surface area contributed by atoms with E-state index in [1.807, 2.05) is 0 Å². The summed E-state index contributed by atoms with van der Waals surface area (Å²) in [5.41, 5.74) is 0.0829. The maximum atomic E-state index is 14.1. The van der Waals surface area contributed by atoms with Gasteiger partial charge in [-0.25, -0.2) is 9.18 Å². The molecule has 0 atom stereocenters. The third-order valence-corrected chi connectivity index (χ3v) is 2.47. The molecule has 19 heavy (non-hydrogen) atoms. The van der Waals surface area contributed by atoms with E-state index in [1.54, 1.807) is 0 Å². The van der Waals surface area contributed by atoms with Crippen LogP contribution in [-0.2, 0) is 0 Å². The number of aromatic nitrogens is 1. The first-order chi connectivity index (χ1) is 9.06. The van der Waals surface area contributed by atoms with E-state index in [2.05, 4.69) is 9.68 Å². The van der Waals surface area contributed by atoms with Crippen LogP contribution in [0, 0.1) is 5.82 Å². The van der Waals surface area contributed by atoms with Gasteiger partial charge in [0.15, 0.2) is 11.6 Å². The lowest BCUT2D eigenvalue weighted by molar-refractivity contribution is 0.0652. The highest BCUT2D eigenvalue weighted by Gasteiger charge is 2.19. The predicted molar refractivity (Wildman–Crippen MR) is 62.0 cm³/mol. The summed E-state index contributed by atoms with van der Waals surface area (Å²) in [5, 5.41) is 12.3. The molecule has 0 aliphatic carbocycles. The zero-order valence-electron chi connectivity index (χ0n) is 10.1. The van der Waals surface area contributed by atoms with Crippen LogP contribution in [-0.4, -0.2) is 30.5 Å². The second-order valence-electron chi connectivity index (χ2n) is 3.57. The number of halogens is 1. The average Bonchev–Trinajstić information content (AvgIpc) is 2.88. The summed E-state index contributed by atoms with van der Waals surface area (Å²) >= 11 is 0. The molecular weight excluding hydrogens is 257 g/mol. The van der Waals surface area contributed by atoms with Gasteiger partial charge < -0.3 is 19.1 Å². The number of hydrogen-bond acceptors (Lipinski definition) is 5. The van der Waals surface area contributed by atoms with Crippen LogP contribution in [0.2, 0.25) is 0 Å². The molecule has 0 bridgehead atoms. The smallest absolute Gasteiger partial charge is 0.374 e. The molecule has 0 amide bonds. The van der Waals surface area contributed by atoms with Crippen LogP contribution in [0.15, 0.2) is 22.7 Å². The van der Waals surface area contributed by atoms with Crippen LogP contribution in [0.5, 0.6) is 11.5 Å². The number of carboxylic acid groups (broad SMARTS) is 1.